The topological polar surface area (TPSA) is 42.2 Å². The van der Waals surface area contributed by atoms with Crippen LogP contribution in [0, 0.1) is 6.92 Å². The summed E-state index contributed by atoms with van der Waals surface area (Å²) >= 11 is 0. The summed E-state index contributed by atoms with van der Waals surface area (Å²) in [7, 11) is 0. The van der Waals surface area contributed by atoms with Gasteiger partial charge in [0.25, 0.3) is 0 Å². The van der Waals surface area contributed by atoms with Crippen LogP contribution in [0.15, 0.2) is 4.52 Å². The fourth-order valence-corrected chi connectivity index (χ4v) is 2.47. The van der Waals surface area contributed by atoms with Gasteiger partial charge in [-0.05, 0) is 45.8 Å². The molecule has 1 saturated heterocycles. The van der Waals surface area contributed by atoms with E-state index in [1.54, 1.807) is 0 Å². The number of rotatable bonds is 5. The van der Waals surface area contributed by atoms with Crippen LogP contribution in [0.5, 0.6) is 0 Å². The molecule has 2 heterocycles. The molecule has 2 rings (SSSR count). The standard InChI is InChI=1S/C13H23N3O/c1-3-4-5-8-16-9-6-12(7-10-16)13-14-11(2)15-17-13/h12H,3-10H2,1-2H3. The monoisotopic (exact) mass is 237 g/mol. The Bertz CT molecular complexity index is 329. The van der Waals surface area contributed by atoms with Crippen LogP contribution in [-0.2, 0) is 0 Å². The SMILES string of the molecule is CCCCCN1CCC(c2nc(C)no2)CC1. The molecule has 0 radical (unpaired) electrons. The average Bonchev–Trinajstić information content (AvgIpc) is 2.77. The van der Waals surface area contributed by atoms with Crippen molar-refractivity contribution < 1.29 is 4.52 Å². The van der Waals surface area contributed by atoms with Crippen LogP contribution in [0.4, 0.5) is 0 Å². The van der Waals surface area contributed by atoms with E-state index in [4.69, 9.17) is 4.52 Å². The highest BCUT2D eigenvalue weighted by Gasteiger charge is 2.24. The van der Waals surface area contributed by atoms with Gasteiger partial charge in [-0.25, -0.2) is 0 Å². The van der Waals surface area contributed by atoms with Crippen molar-refractivity contribution in [3.8, 4) is 0 Å². The Hall–Kier alpha value is -0.900. The Morgan fingerprint density at radius 2 is 2.06 bits per heavy atom. The predicted molar refractivity (Wildman–Crippen MR) is 67.0 cm³/mol. The fraction of sp³-hybridized carbons (Fsp3) is 0.846. The number of nitrogens with zero attached hydrogens (tertiary/aromatic N) is 3. The fourth-order valence-electron chi connectivity index (χ4n) is 2.47. The first-order valence-corrected chi connectivity index (χ1v) is 6.82. The minimum absolute atomic E-state index is 0.485. The molecule has 0 spiro atoms. The van der Waals surface area contributed by atoms with E-state index in [1.165, 1.54) is 38.9 Å². The largest absolute Gasteiger partial charge is 0.339 e. The molecule has 0 saturated carbocycles. The van der Waals surface area contributed by atoms with E-state index in [2.05, 4.69) is 22.0 Å². The third-order valence-electron chi connectivity index (χ3n) is 3.56. The lowest BCUT2D eigenvalue weighted by molar-refractivity contribution is 0.191. The molecule has 0 bridgehead atoms. The Morgan fingerprint density at radius 1 is 1.29 bits per heavy atom. The molecule has 1 aromatic heterocycles. The number of likely N-dealkylation sites (tertiary alicyclic amines) is 1. The highest BCUT2D eigenvalue weighted by Crippen LogP contribution is 2.26. The summed E-state index contributed by atoms with van der Waals surface area (Å²) in [6.45, 7) is 7.74. The lowest BCUT2D eigenvalue weighted by Crippen LogP contribution is -2.33. The van der Waals surface area contributed by atoms with Gasteiger partial charge >= 0.3 is 0 Å². The molecule has 0 aromatic carbocycles. The molecule has 0 amide bonds. The van der Waals surface area contributed by atoms with Crippen LogP contribution in [0.3, 0.4) is 0 Å². The maximum atomic E-state index is 5.26. The summed E-state index contributed by atoms with van der Waals surface area (Å²) < 4.78 is 5.26. The molecule has 4 nitrogen and oxygen atoms in total. The van der Waals surface area contributed by atoms with E-state index in [-0.39, 0.29) is 0 Å². The van der Waals surface area contributed by atoms with Crippen molar-refractivity contribution in [1.82, 2.24) is 15.0 Å². The highest BCUT2D eigenvalue weighted by atomic mass is 16.5. The van der Waals surface area contributed by atoms with E-state index >= 15 is 0 Å². The number of unbranched alkanes of at least 4 members (excludes halogenated alkanes) is 2. The maximum absolute atomic E-state index is 5.26. The van der Waals surface area contributed by atoms with E-state index < -0.39 is 0 Å². The first-order valence-electron chi connectivity index (χ1n) is 6.82. The van der Waals surface area contributed by atoms with Gasteiger partial charge in [0, 0.05) is 5.92 Å². The quantitative estimate of drug-likeness (QED) is 0.738. The summed E-state index contributed by atoms with van der Waals surface area (Å²) in [5.74, 6) is 2.08. The Balaban J connectivity index is 1.74. The summed E-state index contributed by atoms with van der Waals surface area (Å²) in [5.41, 5.74) is 0. The van der Waals surface area contributed by atoms with E-state index in [0.29, 0.717) is 5.92 Å². The predicted octanol–water partition coefficient (Wildman–Crippen LogP) is 2.75. The molecule has 0 aliphatic carbocycles. The normalized spacial score (nSPS) is 18.7. The zero-order chi connectivity index (χ0) is 12.1. The number of aryl methyl sites for hydroxylation is 1. The molecule has 1 aliphatic heterocycles. The molecule has 17 heavy (non-hydrogen) atoms. The molecule has 0 atom stereocenters. The van der Waals surface area contributed by atoms with Crippen LogP contribution in [0.25, 0.3) is 0 Å². The second kappa shape index (κ2) is 6.15. The van der Waals surface area contributed by atoms with Gasteiger partial charge in [-0.15, -0.1) is 0 Å². The first kappa shape index (κ1) is 12.6. The van der Waals surface area contributed by atoms with Crippen molar-refractivity contribution in [2.24, 2.45) is 0 Å². The minimum Gasteiger partial charge on any atom is -0.339 e. The van der Waals surface area contributed by atoms with Gasteiger partial charge < -0.3 is 9.42 Å². The second-order valence-corrected chi connectivity index (χ2v) is 5.00. The third-order valence-corrected chi connectivity index (χ3v) is 3.56. The molecule has 96 valence electrons. The van der Waals surface area contributed by atoms with Crippen LogP contribution in [0.1, 0.15) is 56.7 Å². The van der Waals surface area contributed by atoms with Crippen LogP contribution in [-0.4, -0.2) is 34.7 Å². The highest BCUT2D eigenvalue weighted by molar-refractivity contribution is 4.95. The van der Waals surface area contributed by atoms with Gasteiger partial charge in [-0.3, -0.25) is 0 Å². The van der Waals surface area contributed by atoms with E-state index in [1.807, 2.05) is 6.92 Å². The van der Waals surface area contributed by atoms with E-state index in [9.17, 15) is 0 Å². The summed E-state index contributed by atoms with van der Waals surface area (Å²) in [6.07, 6.45) is 6.31. The van der Waals surface area contributed by atoms with Crippen molar-refractivity contribution in [3.63, 3.8) is 0 Å². The van der Waals surface area contributed by atoms with Crippen molar-refractivity contribution in [1.29, 1.82) is 0 Å². The smallest absolute Gasteiger partial charge is 0.229 e. The summed E-state index contributed by atoms with van der Waals surface area (Å²) in [4.78, 5) is 6.90. The van der Waals surface area contributed by atoms with Crippen molar-refractivity contribution in [3.05, 3.63) is 11.7 Å². The van der Waals surface area contributed by atoms with Crippen molar-refractivity contribution in [2.45, 2.75) is 51.9 Å². The Morgan fingerprint density at radius 3 is 2.65 bits per heavy atom. The molecule has 0 N–H and O–H groups in total. The van der Waals surface area contributed by atoms with Gasteiger partial charge in [0.15, 0.2) is 5.82 Å². The zero-order valence-electron chi connectivity index (χ0n) is 11.0. The van der Waals surface area contributed by atoms with Crippen LogP contribution >= 0.6 is 0 Å². The van der Waals surface area contributed by atoms with E-state index in [0.717, 1.165) is 24.6 Å². The zero-order valence-corrected chi connectivity index (χ0v) is 11.0. The van der Waals surface area contributed by atoms with Gasteiger partial charge in [-0.1, -0.05) is 24.9 Å². The van der Waals surface area contributed by atoms with Crippen molar-refractivity contribution in [2.75, 3.05) is 19.6 Å². The molecular formula is C13H23N3O. The number of piperidine rings is 1. The molecule has 1 aromatic rings. The van der Waals surface area contributed by atoms with Gasteiger partial charge in [0.05, 0.1) is 0 Å². The van der Waals surface area contributed by atoms with Crippen LogP contribution in [0.2, 0.25) is 0 Å². The molecular weight excluding hydrogens is 214 g/mol. The number of hydrogen-bond acceptors (Lipinski definition) is 4. The summed E-state index contributed by atoms with van der Waals surface area (Å²) in [6, 6.07) is 0. The second-order valence-electron chi connectivity index (χ2n) is 5.00. The van der Waals surface area contributed by atoms with Gasteiger partial charge in [0.1, 0.15) is 0 Å². The average molecular weight is 237 g/mol. The molecule has 0 unspecified atom stereocenters. The Labute approximate surface area is 103 Å². The minimum atomic E-state index is 0.485. The number of hydrogen-bond donors (Lipinski definition) is 0. The first-order chi connectivity index (χ1) is 8.29. The third kappa shape index (κ3) is 3.53. The van der Waals surface area contributed by atoms with Crippen LogP contribution < -0.4 is 0 Å². The van der Waals surface area contributed by atoms with Gasteiger partial charge in [0.2, 0.25) is 5.89 Å². The lowest BCUT2D eigenvalue weighted by Gasteiger charge is -2.30. The Kier molecular flexibility index (Phi) is 4.54. The van der Waals surface area contributed by atoms with Gasteiger partial charge in [-0.2, -0.15) is 4.98 Å². The maximum Gasteiger partial charge on any atom is 0.229 e. The summed E-state index contributed by atoms with van der Waals surface area (Å²) in [5, 5.41) is 3.87. The molecule has 4 heteroatoms. The van der Waals surface area contributed by atoms with Crippen molar-refractivity contribution >= 4 is 0 Å². The lowest BCUT2D eigenvalue weighted by atomic mass is 9.96. The molecule has 1 fully saturated rings. The molecule has 1 aliphatic rings. The number of aromatic nitrogens is 2.